The fourth-order valence-corrected chi connectivity index (χ4v) is 2.18. The van der Waals surface area contributed by atoms with Crippen LogP contribution < -0.4 is 5.32 Å². The Morgan fingerprint density at radius 1 is 1.10 bits per heavy atom. The molecule has 2 aromatic carbocycles. The first kappa shape index (κ1) is 14.6. The van der Waals surface area contributed by atoms with E-state index in [1.54, 1.807) is 19.2 Å². The summed E-state index contributed by atoms with van der Waals surface area (Å²) in [6.45, 7) is 3.51. The quantitative estimate of drug-likeness (QED) is 0.846. The zero-order valence-corrected chi connectivity index (χ0v) is 12.0. The zero-order chi connectivity index (χ0) is 14.4. The van der Waals surface area contributed by atoms with Gasteiger partial charge in [-0.3, -0.25) is 0 Å². The highest BCUT2D eigenvalue weighted by atomic mass is 16.5. The Morgan fingerprint density at radius 2 is 1.85 bits per heavy atom. The maximum atomic E-state index is 9.50. The van der Waals surface area contributed by atoms with Crippen LogP contribution in [0.15, 0.2) is 48.5 Å². The molecule has 0 spiro atoms. The van der Waals surface area contributed by atoms with Crippen LogP contribution >= 0.6 is 0 Å². The molecular weight excluding hydrogens is 250 g/mol. The lowest BCUT2D eigenvalue weighted by Gasteiger charge is -2.15. The smallest absolute Gasteiger partial charge is 0.115 e. The molecule has 2 N–H and O–H groups in total. The van der Waals surface area contributed by atoms with Gasteiger partial charge in [0.15, 0.2) is 0 Å². The van der Waals surface area contributed by atoms with E-state index < -0.39 is 0 Å². The summed E-state index contributed by atoms with van der Waals surface area (Å²) in [4.78, 5) is 0. The Morgan fingerprint density at radius 3 is 2.60 bits per heavy atom. The maximum Gasteiger partial charge on any atom is 0.115 e. The third-order valence-electron chi connectivity index (χ3n) is 3.28. The first-order chi connectivity index (χ1) is 9.69. The van der Waals surface area contributed by atoms with Crippen molar-refractivity contribution in [2.24, 2.45) is 0 Å². The van der Waals surface area contributed by atoms with Gasteiger partial charge in [-0.25, -0.2) is 0 Å². The van der Waals surface area contributed by atoms with E-state index in [1.807, 2.05) is 18.2 Å². The van der Waals surface area contributed by atoms with Gasteiger partial charge in [0.2, 0.25) is 0 Å². The SMILES string of the molecule is COCc1cccc(CNC(C)c2cccc(O)c2)c1. The summed E-state index contributed by atoms with van der Waals surface area (Å²) < 4.78 is 5.14. The lowest BCUT2D eigenvalue weighted by molar-refractivity contribution is 0.185. The van der Waals surface area contributed by atoms with Crippen molar-refractivity contribution in [3.8, 4) is 5.75 Å². The van der Waals surface area contributed by atoms with Crippen LogP contribution in [0, 0.1) is 0 Å². The topological polar surface area (TPSA) is 41.5 Å². The molecule has 0 heterocycles. The Labute approximate surface area is 120 Å². The summed E-state index contributed by atoms with van der Waals surface area (Å²) in [6.07, 6.45) is 0. The minimum atomic E-state index is 0.188. The number of phenolic OH excluding ortho intramolecular Hbond substituents is 1. The molecule has 0 saturated heterocycles. The average molecular weight is 271 g/mol. The van der Waals surface area contributed by atoms with Gasteiger partial charge in [-0.1, -0.05) is 36.4 Å². The zero-order valence-electron chi connectivity index (χ0n) is 12.0. The third-order valence-corrected chi connectivity index (χ3v) is 3.28. The van der Waals surface area contributed by atoms with Crippen LogP contribution in [0.2, 0.25) is 0 Å². The van der Waals surface area contributed by atoms with Crippen molar-refractivity contribution in [2.75, 3.05) is 7.11 Å². The molecule has 20 heavy (non-hydrogen) atoms. The average Bonchev–Trinajstić information content (AvgIpc) is 2.45. The molecule has 2 rings (SSSR count). The van der Waals surface area contributed by atoms with Gasteiger partial charge < -0.3 is 15.2 Å². The van der Waals surface area contributed by atoms with Crippen LogP contribution in [0.25, 0.3) is 0 Å². The molecule has 1 atom stereocenters. The molecule has 1 unspecified atom stereocenters. The Balaban J connectivity index is 1.96. The van der Waals surface area contributed by atoms with Crippen molar-refractivity contribution in [3.63, 3.8) is 0 Å². The van der Waals surface area contributed by atoms with Gasteiger partial charge in [-0.05, 0) is 35.7 Å². The van der Waals surface area contributed by atoms with E-state index in [0.29, 0.717) is 12.4 Å². The van der Waals surface area contributed by atoms with Crippen LogP contribution in [0.4, 0.5) is 0 Å². The first-order valence-electron chi connectivity index (χ1n) is 6.78. The minimum Gasteiger partial charge on any atom is -0.508 e. The molecule has 0 saturated carbocycles. The monoisotopic (exact) mass is 271 g/mol. The fraction of sp³-hybridized carbons (Fsp3) is 0.294. The van der Waals surface area contributed by atoms with Crippen LogP contribution in [0.5, 0.6) is 5.75 Å². The lowest BCUT2D eigenvalue weighted by atomic mass is 10.1. The van der Waals surface area contributed by atoms with Crippen LogP contribution in [-0.4, -0.2) is 12.2 Å². The van der Waals surface area contributed by atoms with E-state index in [2.05, 4.69) is 30.4 Å². The number of rotatable bonds is 6. The van der Waals surface area contributed by atoms with Gasteiger partial charge in [-0.15, -0.1) is 0 Å². The van der Waals surface area contributed by atoms with Crippen molar-refractivity contribution in [1.29, 1.82) is 0 Å². The van der Waals surface area contributed by atoms with E-state index in [1.165, 1.54) is 11.1 Å². The largest absolute Gasteiger partial charge is 0.508 e. The highest BCUT2D eigenvalue weighted by Gasteiger charge is 2.05. The molecule has 0 aliphatic rings. The van der Waals surface area contributed by atoms with Crippen molar-refractivity contribution in [3.05, 3.63) is 65.2 Å². The summed E-state index contributed by atoms with van der Waals surface area (Å²) in [5.41, 5.74) is 3.49. The standard InChI is InChI=1S/C17H21NO2/c1-13(16-7-4-8-17(19)10-16)18-11-14-5-3-6-15(9-14)12-20-2/h3-10,13,18-19H,11-12H2,1-2H3. The van der Waals surface area contributed by atoms with E-state index >= 15 is 0 Å². The van der Waals surface area contributed by atoms with Gasteiger partial charge in [0, 0.05) is 19.7 Å². The summed E-state index contributed by atoms with van der Waals surface area (Å²) in [7, 11) is 1.70. The van der Waals surface area contributed by atoms with Gasteiger partial charge >= 0.3 is 0 Å². The van der Waals surface area contributed by atoms with Gasteiger partial charge in [-0.2, -0.15) is 0 Å². The number of ether oxygens (including phenoxy) is 1. The Kier molecular flexibility index (Phi) is 5.16. The molecule has 3 heteroatoms. The van der Waals surface area contributed by atoms with Crippen LogP contribution in [0.1, 0.15) is 29.7 Å². The van der Waals surface area contributed by atoms with Crippen LogP contribution in [-0.2, 0) is 17.9 Å². The molecule has 0 bridgehead atoms. The Bertz CT molecular complexity index is 554. The van der Waals surface area contributed by atoms with E-state index in [4.69, 9.17) is 4.74 Å². The van der Waals surface area contributed by atoms with Crippen molar-refractivity contribution in [1.82, 2.24) is 5.32 Å². The van der Waals surface area contributed by atoms with Gasteiger partial charge in [0.1, 0.15) is 5.75 Å². The minimum absolute atomic E-state index is 0.188. The summed E-state index contributed by atoms with van der Waals surface area (Å²) >= 11 is 0. The molecule has 0 radical (unpaired) electrons. The third kappa shape index (κ3) is 4.08. The number of benzene rings is 2. The molecule has 0 fully saturated rings. The number of methoxy groups -OCH3 is 1. The predicted octanol–water partition coefficient (Wildman–Crippen LogP) is 3.39. The second-order valence-electron chi connectivity index (χ2n) is 4.95. The van der Waals surface area contributed by atoms with Crippen molar-refractivity contribution in [2.45, 2.75) is 26.1 Å². The maximum absolute atomic E-state index is 9.50. The second kappa shape index (κ2) is 7.08. The number of aromatic hydroxyl groups is 1. The summed E-state index contributed by atoms with van der Waals surface area (Å²) in [6, 6.07) is 15.9. The molecule has 0 aliphatic heterocycles. The summed E-state index contributed by atoms with van der Waals surface area (Å²) in [5, 5.41) is 13.0. The molecule has 0 amide bonds. The van der Waals surface area contributed by atoms with E-state index in [0.717, 1.165) is 12.1 Å². The lowest BCUT2D eigenvalue weighted by Crippen LogP contribution is -2.18. The normalized spacial score (nSPS) is 12.3. The Hall–Kier alpha value is -1.84. The van der Waals surface area contributed by atoms with E-state index in [-0.39, 0.29) is 6.04 Å². The van der Waals surface area contributed by atoms with Crippen molar-refractivity contribution >= 4 is 0 Å². The molecule has 0 aliphatic carbocycles. The molecule has 3 nitrogen and oxygen atoms in total. The molecule has 2 aromatic rings. The molecule has 0 aromatic heterocycles. The van der Waals surface area contributed by atoms with Crippen LogP contribution in [0.3, 0.4) is 0 Å². The predicted molar refractivity (Wildman–Crippen MR) is 80.5 cm³/mol. The highest BCUT2D eigenvalue weighted by Crippen LogP contribution is 2.18. The number of nitrogens with one attached hydrogen (secondary N) is 1. The van der Waals surface area contributed by atoms with Crippen molar-refractivity contribution < 1.29 is 9.84 Å². The fourth-order valence-electron chi connectivity index (χ4n) is 2.18. The number of hydrogen-bond donors (Lipinski definition) is 2. The van der Waals surface area contributed by atoms with E-state index in [9.17, 15) is 5.11 Å². The number of hydrogen-bond acceptors (Lipinski definition) is 3. The number of phenols is 1. The van der Waals surface area contributed by atoms with Gasteiger partial charge in [0.25, 0.3) is 0 Å². The summed E-state index contributed by atoms with van der Waals surface area (Å²) in [5.74, 6) is 0.304. The highest BCUT2D eigenvalue weighted by molar-refractivity contribution is 5.29. The van der Waals surface area contributed by atoms with Gasteiger partial charge in [0.05, 0.1) is 6.61 Å². The molecule has 106 valence electrons. The molecular formula is C17H21NO2. The first-order valence-corrected chi connectivity index (χ1v) is 6.78. The second-order valence-corrected chi connectivity index (χ2v) is 4.95.